The zero-order valence-electron chi connectivity index (χ0n) is 8.78. The van der Waals surface area contributed by atoms with E-state index in [-0.39, 0.29) is 0 Å². The predicted octanol–water partition coefficient (Wildman–Crippen LogP) is 2.80. The van der Waals surface area contributed by atoms with E-state index >= 15 is 0 Å². The van der Waals surface area contributed by atoms with E-state index in [0.29, 0.717) is 0 Å². The van der Waals surface area contributed by atoms with Gasteiger partial charge in [-0.25, -0.2) is 4.68 Å². The van der Waals surface area contributed by atoms with Crippen LogP contribution in [0.4, 0.5) is 0 Å². The summed E-state index contributed by atoms with van der Waals surface area (Å²) in [6.07, 6.45) is 3.90. The highest BCUT2D eigenvalue weighted by molar-refractivity contribution is 5.39. The lowest BCUT2D eigenvalue weighted by Crippen LogP contribution is -1.95. The molecule has 0 fully saturated rings. The first kappa shape index (κ1) is 9.00. The van der Waals surface area contributed by atoms with Crippen LogP contribution in [0.5, 0.6) is 0 Å². The number of hydrogen-bond donors (Lipinski definition) is 0. The molecule has 1 aromatic carbocycles. The van der Waals surface area contributed by atoms with Gasteiger partial charge in [-0.1, -0.05) is 6.07 Å². The van der Waals surface area contributed by atoms with Crippen LogP contribution in [-0.2, 0) is 0 Å². The maximum absolute atomic E-state index is 4.27. The predicted molar refractivity (Wildman–Crippen MR) is 57.8 cm³/mol. The minimum absolute atomic E-state index is 1.13. The van der Waals surface area contributed by atoms with Crippen molar-refractivity contribution in [2.24, 2.45) is 0 Å². The van der Waals surface area contributed by atoms with E-state index in [1.807, 2.05) is 24.0 Å². The summed E-state index contributed by atoms with van der Waals surface area (Å²) < 4.78 is 1.90. The molecule has 0 aliphatic carbocycles. The van der Waals surface area contributed by atoms with Gasteiger partial charge in [0.25, 0.3) is 0 Å². The number of aryl methyl sites for hydroxylation is 3. The Labute approximate surface area is 84.2 Å². The van der Waals surface area contributed by atoms with Crippen molar-refractivity contribution in [2.75, 3.05) is 0 Å². The third kappa shape index (κ3) is 1.55. The van der Waals surface area contributed by atoms with Crippen LogP contribution in [0.1, 0.15) is 16.7 Å². The summed E-state index contributed by atoms with van der Waals surface area (Å²) in [6, 6.07) is 6.37. The molecule has 0 unspecified atom stereocenters. The summed E-state index contributed by atoms with van der Waals surface area (Å²) in [4.78, 5) is 0. The molecule has 1 aromatic heterocycles. The van der Waals surface area contributed by atoms with Crippen molar-refractivity contribution < 1.29 is 0 Å². The Bertz CT molecular complexity index is 455. The summed E-state index contributed by atoms with van der Waals surface area (Å²) in [5, 5.41) is 4.27. The molecule has 0 bridgehead atoms. The third-order valence-electron chi connectivity index (χ3n) is 2.47. The molecule has 2 heteroatoms. The van der Waals surface area contributed by atoms with E-state index in [0.717, 1.165) is 5.69 Å². The highest BCUT2D eigenvalue weighted by Crippen LogP contribution is 2.13. The van der Waals surface area contributed by atoms with Crippen LogP contribution in [0.2, 0.25) is 0 Å². The number of aromatic nitrogens is 2. The Morgan fingerprint density at radius 1 is 1.07 bits per heavy atom. The van der Waals surface area contributed by atoms with Crippen LogP contribution >= 0.6 is 0 Å². The summed E-state index contributed by atoms with van der Waals surface area (Å²) in [5.74, 6) is 0. The van der Waals surface area contributed by atoms with Crippen LogP contribution in [0.3, 0.4) is 0 Å². The maximum atomic E-state index is 4.27. The van der Waals surface area contributed by atoms with E-state index in [4.69, 9.17) is 0 Å². The third-order valence-corrected chi connectivity index (χ3v) is 2.47. The van der Waals surface area contributed by atoms with Crippen molar-refractivity contribution in [1.82, 2.24) is 9.78 Å². The van der Waals surface area contributed by atoms with Gasteiger partial charge in [0.2, 0.25) is 0 Å². The topological polar surface area (TPSA) is 17.8 Å². The molecule has 0 N–H and O–H groups in total. The lowest BCUT2D eigenvalue weighted by Gasteiger charge is -2.04. The van der Waals surface area contributed by atoms with Crippen LogP contribution < -0.4 is 0 Å². The van der Waals surface area contributed by atoms with Gasteiger partial charge in [-0.2, -0.15) is 5.10 Å². The van der Waals surface area contributed by atoms with Gasteiger partial charge in [-0.15, -0.1) is 0 Å². The van der Waals surface area contributed by atoms with Crippen molar-refractivity contribution in [3.05, 3.63) is 47.3 Å². The number of rotatable bonds is 1. The zero-order valence-corrected chi connectivity index (χ0v) is 8.78. The van der Waals surface area contributed by atoms with Crippen molar-refractivity contribution >= 4 is 0 Å². The van der Waals surface area contributed by atoms with E-state index in [1.165, 1.54) is 16.7 Å². The Morgan fingerprint density at radius 3 is 2.43 bits per heavy atom. The lowest BCUT2D eigenvalue weighted by molar-refractivity contribution is 0.878. The van der Waals surface area contributed by atoms with Gasteiger partial charge in [-0.05, 0) is 49.6 Å². The van der Waals surface area contributed by atoms with E-state index < -0.39 is 0 Å². The Kier molecular flexibility index (Phi) is 2.12. The number of nitrogens with zero attached hydrogens (tertiary/aromatic N) is 2. The molecule has 0 aliphatic heterocycles. The van der Waals surface area contributed by atoms with Gasteiger partial charge in [0, 0.05) is 6.20 Å². The SMILES string of the molecule is Cc1cnn(-c2ccc(C)c(C)c2)c1. The van der Waals surface area contributed by atoms with Gasteiger partial charge >= 0.3 is 0 Å². The Hall–Kier alpha value is -1.57. The molecule has 0 radical (unpaired) electrons. The van der Waals surface area contributed by atoms with Crippen LogP contribution in [-0.4, -0.2) is 9.78 Å². The van der Waals surface area contributed by atoms with Gasteiger partial charge in [-0.3, -0.25) is 0 Å². The molecule has 2 aromatic rings. The van der Waals surface area contributed by atoms with Crippen molar-refractivity contribution in [3.63, 3.8) is 0 Å². The largest absolute Gasteiger partial charge is 0.241 e. The lowest BCUT2D eigenvalue weighted by atomic mass is 10.1. The highest BCUT2D eigenvalue weighted by atomic mass is 15.3. The fourth-order valence-corrected chi connectivity index (χ4v) is 1.42. The second-order valence-electron chi connectivity index (χ2n) is 3.73. The molecule has 14 heavy (non-hydrogen) atoms. The zero-order chi connectivity index (χ0) is 10.1. The average molecular weight is 186 g/mol. The second kappa shape index (κ2) is 3.29. The molecule has 0 amide bonds. The molecule has 72 valence electrons. The fraction of sp³-hybridized carbons (Fsp3) is 0.250. The Morgan fingerprint density at radius 2 is 1.86 bits per heavy atom. The molecule has 0 saturated carbocycles. The van der Waals surface area contributed by atoms with Crippen LogP contribution in [0.25, 0.3) is 5.69 Å². The van der Waals surface area contributed by atoms with E-state index in [9.17, 15) is 0 Å². The summed E-state index contributed by atoms with van der Waals surface area (Å²) in [5.41, 5.74) is 4.93. The quantitative estimate of drug-likeness (QED) is 0.669. The standard InChI is InChI=1S/C12H14N2/c1-9-7-13-14(8-9)12-5-4-10(2)11(3)6-12/h4-8H,1-3H3. The summed E-state index contributed by atoms with van der Waals surface area (Å²) >= 11 is 0. The number of hydrogen-bond acceptors (Lipinski definition) is 1. The van der Waals surface area contributed by atoms with Gasteiger partial charge in [0.15, 0.2) is 0 Å². The first-order chi connectivity index (χ1) is 6.66. The Balaban J connectivity index is 2.47. The minimum Gasteiger partial charge on any atom is -0.241 e. The fourth-order valence-electron chi connectivity index (χ4n) is 1.42. The summed E-state index contributed by atoms with van der Waals surface area (Å²) in [6.45, 7) is 6.28. The monoisotopic (exact) mass is 186 g/mol. The normalized spacial score (nSPS) is 10.5. The highest BCUT2D eigenvalue weighted by Gasteiger charge is 1.99. The maximum Gasteiger partial charge on any atom is 0.0648 e. The smallest absolute Gasteiger partial charge is 0.0648 e. The van der Waals surface area contributed by atoms with Crippen molar-refractivity contribution in [3.8, 4) is 5.69 Å². The summed E-state index contributed by atoms with van der Waals surface area (Å²) in [7, 11) is 0. The molecule has 0 saturated heterocycles. The van der Waals surface area contributed by atoms with Gasteiger partial charge in [0.05, 0.1) is 11.9 Å². The first-order valence-corrected chi connectivity index (χ1v) is 4.76. The van der Waals surface area contributed by atoms with Crippen molar-refractivity contribution in [2.45, 2.75) is 20.8 Å². The van der Waals surface area contributed by atoms with Crippen molar-refractivity contribution in [1.29, 1.82) is 0 Å². The molecule has 2 rings (SSSR count). The average Bonchev–Trinajstić information content (AvgIpc) is 2.57. The molecule has 0 spiro atoms. The first-order valence-electron chi connectivity index (χ1n) is 4.76. The van der Waals surface area contributed by atoms with E-state index in [2.05, 4.69) is 37.1 Å². The van der Waals surface area contributed by atoms with Crippen LogP contribution in [0, 0.1) is 20.8 Å². The molecule has 2 nitrogen and oxygen atoms in total. The van der Waals surface area contributed by atoms with Gasteiger partial charge in [0.1, 0.15) is 0 Å². The second-order valence-corrected chi connectivity index (χ2v) is 3.73. The molecular formula is C12H14N2. The van der Waals surface area contributed by atoms with Gasteiger partial charge < -0.3 is 0 Å². The molecule has 1 heterocycles. The number of benzene rings is 1. The molecule has 0 aliphatic rings. The minimum atomic E-state index is 1.13. The van der Waals surface area contributed by atoms with E-state index in [1.54, 1.807) is 0 Å². The molecule has 0 atom stereocenters. The van der Waals surface area contributed by atoms with Crippen LogP contribution in [0.15, 0.2) is 30.6 Å². The molecular weight excluding hydrogens is 172 g/mol.